The molecule has 0 aliphatic heterocycles. The van der Waals surface area contributed by atoms with Crippen LogP contribution in [-0.2, 0) is 5.41 Å². The number of rotatable bonds is 7. The monoisotopic (exact) mass is 800 g/mol. The van der Waals surface area contributed by atoms with Gasteiger partial charge in [-0.1, -0.05) is 182 Å². The Bertz CT molecular complexity index is 3320. The van der Waals surface area contributed by atoms with Gasteiger partial charge >= 0.3 is 0 Å². The lowest BCUT2D eigenvalue weighted by atomic mass is 9.67. The van der Waals surface area contributed by atoms with Crippen LogP contribution in [0.4, 0.5) is 0 Å². The molecule has 9 aromatic carbocycles. The molecule has 2 heteroatoms. The van der Waals surface area contributed by atoms with Gasteiger partial charge < -0.3 is 0 Å². The van der Waals surface area contributed by atoms with Gasteiger partial charge in [0.2, 0.25) is 0 Å². The molecule has 2 aromatic heterocycles. The van der Waals surface area contributed by atoms with Gasteiger partial charge in [0, 0.05) is 23.5 Å². The standard InChI is InChI=1S/C61H40N2/c1-3-17-47(18-4-1)61(48-19-5-2-6-20-48)55-26-12-11-21-49(55)50-34-33-43(40-56(50)61)60-53-24-9-7-22-51(53)59(52-23-8-10-25-54(52)60)42-31-29-41(30-32-42)44-37-45(57-27-13-15-35-62-57)39-46(38-44)58-28-14-16-36-63-58/h1-40H. The van der Waals surface area contributed by atoms with E-state index in [-0.39, 0.29) is 0 Å². The summed E-state index contributed by atoms with van der Waals surface area (Å²) in [5.74, 6) is 0. The van der Waals surface area contributed by atoms with Crippen LogP contribution in [0, 0.1) is 0 Å². The van der Waals surface area contributed by atoms with Crippen molar-refractivity contribution < 1.29 is 0 Å². The van der Waals surface area contributed by atoms with Crippen LogP contribution < -0.4 is 0 Å². The van der Waals surface area contributed by atoms with E-state index in [0.29, 0.717) is 0 Å². The summed E-state index contributed by atoms with van der Waals surface area (Å²) >= 11 is 0. The van der Waals surface area contributed by atoms with Crippen molar-refractivity contribution in [3.63, 3.8) is 0 Å². The Labute approximate surface area is 367 Å². The Kier molecular flexibility index (Phi) is 8.76. The molecule has 0 N–H and O–H groups in total. The van der Waals surface area contributed by atoms with Crippen LogP contribution in [0.5, 0.6) is 0 Å². The fourth-order valence-corrected chi connectivity index (χ4v) is 10.3. The molecule has 0 fully saturated rings. The fraction of sp³-hybridized carbons (Fsp3) is 0.0164. The first-order valence-corrected chi connectivity index (χ1v) is 21.6. The van der Waals surface area contributed by atoms with E-state index in [1.807, 2.05) is 36.7 Å². The maximum atomic E-state index is 4.70. The molecule has 0 spiro atoms. The average Bonchev–Trinajstić information content (AvgIpc) is 3.67. The van der Waals surface area contributed by atoms with Gasteiger partial charge in [-0.05, 0) is 137 Å². The SMILES string of the molecule is c1ccc(C2(c3ccccc3)c3ccccc3-c3ccc(-c4c5ccccc5c(-c5ccc(-c6cc(-c7ccccn7)cc(-c7ccccn7)c6)cc5)c5ccccc45)cc32)cc1. The smallest absolute Gasteiger partial charge is 0.0713 e. The van der Waals surface area contributed by atoms with Gasteiger partial charge in [0.25, 0.3) is 0 Å². The van der Waals surface area contributed by atoms with E-state index < -0.39 is 5.41 Å². The second-order valence-electron chi connectivity index (χ2n) is 16.4. The number of hydrogen-bond acceptors (Lipinski definition) is 2. The summed E-state index contributed by atoms with van der Waals surface area (Å²) in [6, 6.07) is 84.2. The average molecular weight is 801 g/mol. The van der Waals surface area contributed by atoms with Crippen LogP contribution >= 0.6 is 0 Å². The van der Waals surface area contributed by atoms with E-state index in [9.17, 15) is 0 Å². The molecule has 0 unspecified atom stereocenters. The van der Waals surface area contributed by atoms with Crippen molar-refractivity contribution in [2.75, 3.05) is 0 Å². The Morgan fingerprint density at radius 3 is 1.24 bits per heavy atom. The third-order valence-electron chi connectivity index (χ3n) is 13.0. The topological polar surface area (TPSA) is 25.8 Å². The lowest BCUT2D eigenvalue weighted by molar-refractivity contribution is 0.769. The number of hydrogen-bond donors (Lipinski definition) is 0. The molecule has 0 radical (unpaired) electrons. The highest BCUT2D eigenvalue weighted by molar-refractivity contribution is 6.21. The molecular weight excluding hydrogens is 761 g/mol. The summed E-state index contributed by atoms with van der Waals surface area (Å²) in [6.07, 6.45) is 3.70. The second kappa shape index (κ2) is 15.1. The summed E-state index contributed by atoms with van der Waals surface area (Å²) in [5.41, 5.74) is 18.4. The number of aromatic nitrogens is 2. The van der Waals surface area contributed by atoms with Gasteiger partial charge in [-0.2, -0.15) is 0 Å². The van der Waals surface area contributed by atoms with Gasteiger partial charge in [0.05, 0.1) is 16.8 Å². The predicted octanol–water partition coefficient (Wildman–Crippen LogP) is 15.5. The molecule has 2 heterocycles. The van der Waals surface area contributed by atoms with Gasteiger partial charge in [0.1, 0.15) is 0 Å². The highest BCUT2D eigenvalue weighted by Crippen LogP contribution is 2.57. The molecule has 0 atom stereocenters. The third kappa shape index (κ3) is 5.95. The van der Waals surface area contributed by atoms with Crippen LogP contribution in [0.1, 0.15) is 22.3 Å². The van der Waals surface area contributed by atoms with E-state index in [1.54, 1.807) is 0 Å². The fourth-order valence-electron chi connectivity index (χ4n) is 10.3. The van der Waals surface area contributed by atoms with Crippen molar-refractivity contribution in [3.8, 4) is 67.0 Å². The Morgan fingerprint density at radius 1 is 0.270 bits per heavy atom. The summed E-state index contributed by atoms with van der Waals surface area (Å²) < 4.78 is 0. The highest BCUT2D eigenvalue weighted by Gasteiger charge is 2.46. The minimum absolute atomic E-state index is 0.479. The second-order valence-corrected chi connectivity index (χ2v) is 16.4. The van der Waals surface area contributed by atoms with Crippen molar-refractivity contribution in [2.24, 2.45) is 0 Å². The van der Waals surface area contributed by atoms with Crippen molar-refractivity contribution >= 4 is 21.5 Å². The first kappa shape index (κ1) is 36.6. The Morgan fingerprint density at radius 2 is 0.698 bits per heavy atom. The maximum absolute atomic E-state index is 4.70. The van der Waals surface area contributed by atoms with Crippen LogP contribution in [0.25, 0.3) is 88.6 Å². The maximum Gasteiger partial charge on any atom is 0.0713 e. The number of nitrogens with zero attached hydrogens (tertiary/aromatic N) is 2. The largest absolute Gasteiger partial charge is 0.256 e. The number of benzene rings is 9. The zero-order chi connectivity index (χ0) is 41.7. The molecule has 294 valence electrons. The molecule has 1 aliphatic rings. The molecule has 11 aromatic rings. The molecular formula is C61H40N2. The normalized spacial score (nSPS) is 12.6. The van der Waals surface area contributed by atoms with Gasteiger partial charge in [-0.15, -0.1) is 0 Å². The van der Waals surface area contributed by atoms with E-state index in [2.05, 4.69) is 206 Å². The minimum atomic E-state index is -0.479. The van der Waals surface area contributed by atoms with E-state index in [1.165, 1.54) is 77.2 Å². The Balaban J connectivity index is 1.04. The van der Waals surface area contributed by atoms with Crippen LogP contribution in [0.15, 0.2) is 243 Å². The lowest BCUT2D eigenvalue weighted by Crippen LogP contribution is -2.28. The van der Waals surface area contributed by atoms with E-state index in [0.717, 1.165) is 33.6 Å². The Hall–Kier alpha value is -8.20. The number of pyridine rings is 2. The molecule has 0 saturated carbocycles. The summed E-state index contributed by atoms with van der Waals surface area (Å²) in [6.45, 7) is 0. The molecule has 0 amide bonds. The highest BCUT2D eigenvalue weighted by atomic mass is 14.7. The zero-order valence-electron chi connectivity index (χ0n) is 34.5. The van der Waals surface area contributed by atoms with Crippen LogP contribution in [0.3, 0.4) is 0 Å². The van der Waals surface area contributed by atoms with Gasteiger partial charge in [0.15, 0.2) is 0 Å². The van der Waals surface area contributed by atoms with Gasteiger partial charge in [-0.25, -0.2) is 0 Å². The third-order valence-corrected chi connectivity index (χ3v) is 13.0. The molecule has 0 bridgehead atoms. The van der Waals surface area contributed by atoms with Crippen molar-refractivity contribution in [1.29, 1.82) is 0 Å². The predicted molar refractivity (Wildman–Crippen MR) is 262 cm³/mol. The van der Waals surface area contributed by atoms with Crippen LogP contribution in [0.2, 0.25) is 0 Å². The van der Waals surface area contributed by atoms with Crippen molar-refractivity contribution in [2.45, 2.75) is 5.41 Å². The molecule has 2 nitrogen and oxygen atoms in total. The molecule has 0 saturated heterocycles. The summed E-state index contributed by atoms with van der Waals surface area (Å²) in [4.78, 5) is 9.40. The van der Waals surface area contributed by atoms with E-state index in [4.69, 9.17) is 9.97 Å². The first-order valence-electron chi connectivity index (χ1n) is 21.6. The lowest BCUT2D eigenvalue weighted by Gasteiger charge is -2.34. The summed E-state index contributed by atoms with van der Waals surface area (Å²) in [5, 5.41) is 4.93. The van der Waals surface area contributed by atoms with Crippen LogP contribution in [-0.4, -0.2) is 9.97 Å². The van der Waals surface area contributed by atoms with Crippen molar-refractivity contribution in [1.82, 2.24) is 9.97 Å². The molecule has 1 aliphatic carbocycles. The van der Waals surface area contributed by atoms with Gasteiger partial charge in [-0.3, -0.25) is 9.97 Å². The zero-order valence-corrected chi connectivity index (χ0v) is 34.5. The molecule has 12 rings (SSSR count). The first-order chi connectivity index (χ1) is 31.3. The quantitative estimate of drug-likeness (QED) is 0.150. The van der Waals surface area contributed by atoms with E-state index >= 15 is 0 Å². The number of fused-ring (bicyclic) bond motifs is 5. The van der Waals surface area contributed by atoms with Crippen molar-refractivity contribution in [3.05, 3.63) is 265 Å². The summed E-state index contributed by atoms with van der Waals surface area (Å²) in [7, 11) is 0. The minimum Gasteiger partial charge on any atom is -0.256 e. The molecule has 63 heavy (non-hydrogen) atoms.